The van der Waals surface area contributed by atoms with Crippen LogP contribution in [0.4, 0.5) is 0 Å². The molecular formula is C60H40O2. The predicted molar refractivity (Wildman–Crippen MR) is 260 cm³/mol. The smallest absolute Gasteiger partial charge is 0.135 e. The number of ether oxygens (including phenoxy) is 2. The highest BCUT2D eigenvalue weighted by Gasteiger charge is 2.25. The Morgan fingerprint density at radius 2 is 0.645 bits per heavy atom. The molecule has 292 valence electrons. The molecule has 0 fully saturated rings. The molecule has 2 nitrogen and oxygen atoms in total. The molecule has 2 aliphatic heterocycles. The van der Waals surface area contributed by atoms with Crippen LogP contribution in [0.15, 0.2) is 206 Å². The Morgan fingerprint density at radius 3 is 1.10 bits per heavy atom. The van der Waals surface area contributed by atoms with Gasteiger partial charge in [-0.1, -0.05) is 158 Å². The zero-order valence-electron chi connectivity index (χ0n) is 34.4. The molecule has 0 N–H and O–H groups in total. The number of aryl methyl sites for hydroxylation is 2. The SMILES string of the molecule is Cc1ccccc1C.c1ccc2cc(-c3ccc4c5c(cccc35)Oc3cc(-c5ccc6c(c5)Oc5cccc7c(-c8ccc9ccccc9c8)ccc-6c57)ccc3-4)ccc2c1. The van der Waals surface area contributed by atoms with E-state index < -0.39 is 0 Å². The van der Waals surface area contributed by atoms with Gasteiger partial charge < -0.3 is 9.47 Å². The van der Waals surface area contributed by atoms with Crippen molar-refractivity contribution in [2.45, 2.75) is 13.8 Å². The first-order chi connectivity index (χ1) is 30.5. The first-order valence-corrected chi connectivity index (χ1v) is 21.3. The van der Waals surface area contributed by atoms with E-state index in [-0.39, 0.29) is 0 Å². The molecule has 0 aromatic heterocycles. The summed E-state index contributed by atoms with van der Waals surface area (Å²) in [5, 5.41) is 9.67. The van der Waals surface area contributed by atoms with Crippen molar-refractivity contribution in [3.05, 3.63) is 217 Å². The molecule has 11 aromatic carbocycles. The van der Waals surface area contributed by atoms with Crippen molar-refractivity contribution in [1.29, 1.82) is 0 Å². The third-order valence-electron chi connectivity index (χ3n) is 12.9. The molecule has 13 rings (SSSR count). The van der Waals surface area contributed by atoms with Crippen molar-refractivity contribution in [3.63, 3.8) is 0 Å². The summed E-state index contributed by atoms with van der Waals surface area (Å²) in [7, 11) is 0. The lowest BCUT2D eigenvalue weighted by molar-refractivity contribution is 0.486. The van der Waals surface area contributed by atoms with Crippen molar-refractivity contribution in [1.82, 2.24) is 0 Å². The third kappa shape index (κ3) is 5.95. The number of benzene rings is 11. The molecule has 0 saturated heterocycles. The fraction of sp³-hybridized carbons (Fsp3) is 0.0333. The molecule has 2 heterocycles. The lowest BCUT2D eigenvalue weighted by atomic mass is 9.87. The monoisotopic (exact) mass is 792 g/mol. The van der Waals surface area contributed by atoms with E-state index in [0.717, 1.165) is 56.0 Å². The largest absolute Gasteiger partial charge is 0.456 e. The van der Waals surface area contributed by atoms with Crippen LogP contribution in [0.25, 0.3) is 98.7 Å². The normalized spacial score (nSPS) is 12.0. The predicted octanol–water partition coefficient (Wildman–Crippen LogP) is 17.1. The average Bonchev–Trinajstić information content (AvgIpc) is 3.32. The van der Waals surface area contributed by atoms with Crippen molar-refractivity contribution in [2.75, 3.05) is 0 Å². The maximum absolute atomic E-state index is 6.71. The minimum absolute atomic E-state index is 0.862. The summed E-state index contributed by atoms with van der Waals surface area (Å²) in [6.07, 6.45) is 0. The maximum Gasteiger partial charge on any atom is 0.135 e. The molecule has 2 heteroatoms. The van der Waals surface area contributed by atoms with E-state index in [9.17, 15) is 0 Å². The van der Waals surface area contributed by atoms with Crippen LogP contribution in [-0.4, -0.2) is 0 Å². The molecule has 2 aliphatic rings. The molecule has 62 heavy (non-hydrogen) atoms. The minimum atomic E-state index is 0.862. The van der Waals surface area contributed by atoms with E-state index in [1.54, 1.807) is 0 Å². The van der Waals surface area contributed by atoms with E-state index in [1.165, 1.54) is 76.8 Å². The van der Waals surface area contributed by atoms with Crippen molar-refractivity contribution in [3.8, 4) is 78.6 Å². The van der Waals surface area contributed by atoms with Gasteiger partial charge in [-0.05, 0) is 150 Å². The molecule has 0 atom stereocenters. The van der Waals surface area contributed by atoms with Crippen molar-refractivity contribution < 1.29 is 9.47 Å². The highest BCUT2D eigenvalue weighted by atomic mass is 16.5. The van der Waals surface area contributed by atoms with Crippen molar-refractivity contribution in [2.24, 2.45) is 0 Å². The van der Waals surface area contributed by atoms with Gasteiger partial charge in [-0.2, -0.15) is 0 Å². The van der Waals surface area contributed by atoms with E-state index in [4.69, 9.17) is 9.47 Å². The zero-order chi connectivity index (χ0) is 41.3. The van der Waals surface area contributed by atoms with Gasteiger partial charge in [-0.3, -0.25) is 0 Å². The summed E-state index contributed by atoms with van der Waals surface area (Å²) >= 11 is 0. The molecule has 0 aliphatic carbocycles. The number of hydrogen-bond donors (Lipinski definition) is 0. The molecular weight excluding hydrogens is 753 g/mol. The maximum atomic E-state index is 6.71. The summed E-state index contributed by atoms with van der Waals surface area (Å²) in [6, 6.07) is 73.8. The number of hydrogen-bond acceptors (Lipinski definition) is 2. The average molecular weight is 793 g/mol. The fourth-order valence-electron chi connectivity index (χ4n) is 9.50. The Morgan fingerprint density at radius 1 is 0.258 bits per heavy atom. The molecule has 0 bridgehead atoms. The molecule has 0 amide bonds. The van der Waals surface area contributed by atoms with Crippen LogP contribution in [0.3, 0.4) is 0 Å². The zero-order valence-corrected chi connectivity index (χ0v) is 34.4. The second-order valence-corrected chi connectivity index (χ2v) is 16.5. The van der Waals surface area contributed by atoms with Crippen LogP contribution >= 0.6 is 0 Å². The Kier molecular flexibility index (Phi) is 8.33. The van der Waals surface area contributed by atoms with Gasteiger partial charge in [0.05, 0.1) is 0 Å². The van der Waals surface area contributed by atoms with Crippen LogP contribution in [0, 0.1) is 13.8 Å². The summed E-state index contributed by atoms with van der Waals surface area (Å²) in [6.45, 7) is 4.24. The first-order valence-electron chi connectivity index (χ1n) is 21.3. The van der Waals surface area contributed by atoms with Gasteiger partial charge in [-0.15, -0.1) is 0 Å². The number of rotatable bonds is 3. The van der Waals surface area contributed by atoms with Gasteiger partial charge in [0.1, 0.15) is 23.0 Å². The van der Waals surface area contributed by atoms with E-state index >= 15 is 0 Å². The van der Waals surface area contributed by atoms with Crippen LogP contribution in [-0.2, 0) is 0 Å². The summed E-state index contributed by atoms with van der Waals surface area (Å²) < 4.78 is 13.4. The molecule has 0 saturated carbocycles. The highest BCUT2D eigenvalue weighted by molar-refractivity contribution is 6.12. The van der Waals surface area contributed by atoms with Gasteiger partial charge in [0.25, 0.3) is 0 Å². The van der Waals surface area contributed by atoms with Gasteiger partial charge in [-0.25, -0.2) is 0 Å². The van der Waals surface area contributed by atoms with Gasteiger partial charge >= 0.3 is 0 Å². The minimum Gasteiger partial charge on any atom is -0.456 e. The third-order valence-corrected chi connectivity index (χ3v) is 12.9. The molecule has 0 unspecified atom stereocenters. The van der Waals surface area contributed by atoms with Crippen LogP contribution in [0.1, 0.15) is 11.1 Å². The van der Waals surface area contributed by atoms with Crippen LogP contribution < -0.4 is 9.47 Å². The Balaban J connectivity index is 0.000000465. The standard InChI is InChI=1S/C52H30O2.C8H10/c1-3-9-33-27-37(17-15-31(33)7-1)39-23-25-45-41-21-19-35(29-49(41)53-47-13-5-11-43(39)51(45)47)36-20-22-42-46-26-24-40(38-18-16-32-8-2-4-10-34(32)28-38)44-12-6-14-48(52(44)46)54-50(42)30-36;1-7-5-3-4-6-8(7)2/h1-30H;3-6H,1-2H3. The lowest BCUT2D eigenvalue weighted by Crippen LogP contribution is -1.99. The van der Waals surface area contributed by atoms with Gasteiger partial charge in [0, 0.05) is 21.9 Å². The Hall–Kier alpha value is -7.94. The summed E-state index contributed by atoms with van der Waals surface area (Å²) in [5.41, 5.74) is 14.3. The van der Waals surface area contributed by atoms with E-state index in [1.807, 2.05) is 0 Å². The fourth-order valence-corrected chi connectivity index (χ4v) is 9.50. The van der Waals surface area contributed by atoms with Crippen LogP contribution in [0.2, 0.25) is 0 Å². The summed E-state index contributed by atoms with van der Waals surface area (Å²) in [4.78, 5) is 0. The van der Waals surface area contributed by atoms with E-state index in [2.05, 4.69) is 220 Å². The first kappa shape index (κ1) is 36.0. The Labute approximate surface area is 360 Å². The second-order valence-electron chi connectivity index (χ2n) is 16.5. The van der Waals surface area contributed by atoms with Gasteiger partial charge in [0.2, 0.25) is 0 Å². The number of fused-ring (bicyclic) bond motifs is 6. The molecule has 11 aromatic rings. The van der Waals surface area contributed by atoms with Gasteiger partial charge in [0.15, 0.2) is 0 Å². The Bertz CT molecular complexity index is 3370. The highest BCUT2D eigenvalue weighted by Crippen LogP contribution is 2.52. The van der Waals surface area contributed by atoms with Crippen molar-refractivity contribution >= 4 is 43.1 Å². The van der Waals surface area contributed by atoms with Crippen LogP contribution in [0.5, 0.6) is 23.0 Å². The topological polar surface area (TPSA) is 18.5 Å². The second kappa shape index (κ2) is 14.4. The molecule has 0 radical (unpaired) electrons. The summed E-state index contributed by atoms with van der Waals surface area (Å²) in [5.74, 6) is 3.49. The lowest BCUT2D eigenvalue weighted by Gasteiger charge is -2.24. The molecule has 0 spiro atoms. The van der Waals surface area contributed by atoms with E-state index in [0.29, 0.717) is 0 Å². The quantitative estimate of drug-likeness (QED) is 0.177.